The van der Waals surface area contributed by atoms with E-state index < -0.39 is 0 Å². The highest BCUT2D eigenvalue weighted by Gasteiger charge is 2.18. The molecule has 7 heteroatoms. The third-order valence-corrected chi connectivity index (χ3v) is 4.90. The number of ether oxygens (including phenoxy) is 2. The van der Waals surface area contributed by atoms with Crippen molar-refractivity contribution in [3.05, 3.63) is 64.7 Å². The van der Waals surface area contributed by atoms with Crippen LogP contribution in [0.25, 0.3) is 0 Å². The molecule has 0 radical (unpaired) electrons. The third-order valence-electron chi connectivity index (χ3n) is 4.03. The van der Waals surface area contributed by atoms with Crippen molar-refractivity contribution >= 4 is 34.3 Å². The second kappa shape index (κ2) is 8.67. The molecule has 2 aromatic carbocycles. The second-order valence-electron chi connectivity index (χ2n) is 6.13. The molecule has 1 amide bonds. The van der Waals surface area contributed by atoms with Crippen LogP contribution in [0, 0.1) is 6.92 Å². The molecule has 6 nitrogen and oxygen atoms in total. The number of methoxy groups -OCH3 is 1. The minimum atomic E-state index is -0.120. The molecule has 28 heavy (non-hydrogen) atoms. The summed E-state index contributed by atoms with van der Waals surface area (Å²) in [4.78, 5) is 29.6. The van der Waals surface area contributed by atoms with Crippen molar-refractivity contribution in [1.82, 2.24) is 4.98 Å². The number of anilines is 2. The first kappa shape index (κ1) is 19.6. The Morgan fingerprint density at radius 1 is 1.25 bits per heavy atom. The minimum Gasteiger partial charge on any atom is -0.497 e. The number of carbonyl (C=O) groups excluding carboxylic acids is 2. The smallest absolute Gasteiger partial charge is 0.230 e. The monoisotopic (exact) mass is 396 g/mol. The third kappa shape index (κ3) is 4.37. The molecule has 1 aromatic heterocycles. The number of benzene rings is 2. The van der Waals surface area contributed by atoms with E-state index in [2.05, 4.69) is 4.98 Å². The summed E-state index contributed by atoms with van der Waals surface area (Å²) in [5.74, 6) is 0.916. The van der Waals surface area contributed by atoms with E-state index in [1.54, 1.807) is 23.1 Å². The molecule has 0 aliphatic carbocycles. The van der Waals surface area contributed by atoms with Crippen molar-refractivity contribution < 1.29 is 19.1 Å². The van der Waals surface area contributed by atoms with Gasteiger partial charge in [0.05, 0.1) is 24.1 Å². The largest absolute Gasteiger partial charge is 0.497 e. The lowest BCUT2D eigenvalue weighted by Crippen LogP contribution is -2.22. The van der Waals surface area contributed by atoms with Crippen LogP contribution in [0.3, 0.4) is 0 Å². The molecule has 0 fully saturated rings. The number of hydrogen-bond donors (Lipinski definition) is 0. The van der Waals surface area contributed by atoms with Crippen LogP contribution in [0.15, 0.2) is 47.8 Å². The minimum absolute atomic E-state index is 0.120. The Morgan fingerprint density at radius 2 is 2.07 bits per heavy atom. The number of hydrogen-bond acceptors (Lipinski definition) is 6. The summed E-state index contributed by atoms with van der Waals surface area (Å²) >= 11 is 1.36. The fraction of sp³-hybridized carbons (Fsp3) is 0.190. The lowest BCUT2D eigenvalue weighted by atomic mass is 10.2. The molecule has 0 bridgehead atoms. The highest BCUT2D eigenvalue weighted by molar-refractivity contribution is 7.14. The van der Waals surface area contributed by atoms with Gasteiger partial charge < -0.3 is 9.47 Å². The Kier molecular flexibility index (Phi) is 6.06. The Hall–Kier alpha value is -3.19. The van der Waals surface area contributed by atoms with Gasteiger partial charge in [-0.25, -0.2) is 4.98 Å². The van der Waals surface area contributed by atoms with Gasteiger partial charge in [0, 0.05) is 12.3 Å². The zero-order valence-electron chi connectivity index (χ0n) is 15.8. The fourth-order valence-corrected chi connectivity index (χ4v) is 3.56. The van der Waals surface area contributed by atoms with Crippen LogP contribution < -0.4 is 14.4 Å². The Bertz CT molecular complexity index is 1000. The highest BCUT2D eigenvalue weighted by atomic mass is 32.1. The van der Waals surface area contributed by atoms with E-state index in [1.165, 1.54) is 25.4 Å². The van der Waals surface area contributed by atoms with Crippen molar-refractivity contribution in [2.24, 2.45) is 0 Å². The van der Waals surface area contributed by atoms with Crippen LogP contribution in [0.2, 0.25) is 0 Å². The molecular formula is C21H20N2O4S. The maximum atomic E-state index is 12.2. The molecule has 3 aromatic rings. The van der Waals surface area contributed by atoms with Crippen LogP contribution in [0.5, 0.6) is 11.5 Å². The first-order valence-corrected chi connectivity index (χ1v) is 9.47. The molecule has 0 saturated carbocycles. The number of aromatic nitrogens is 1. The van der Waals surface area contributed by atoms with Crippen LogP contribution in [0.1, 0.15) is 28.5 Å². The van der Waals surface area contributed by atoms with E-state index in [0.29, 0.717) is 27.9 Å². The molecule has 0 unspecified atom stereocenters. The average molecular weight is 396 g/mol. The summed E-state index contributed by atoms with van der Waals surface area (Å²) in [6, 6.07) is 12.7. The number of carbonyl (C=O) groups is 2. The number of rotatable bonds is 7. The van der Waals surface area contributed by atoms with Crippen LogP contribution in [0.4, 0.5) is 10.8 Å². The standard InChI is InChI=1S/C21H20N2O4S/c1-14-5-4-6-18(9-14)23(15(2)25)21-22-17(13-28-21)12-27-20-8-7-19(26-3)10-16(20)11-24/h4-11,13H,12H2,1-3H3. The van der Waals surface area contributed by atoms with Gasteiger partial charge in [-0.2, -0.15) is 0 Å². The van der Waals surface area contributed by atoms with E-state index in [0.717, 1.165) is 17.5 Å². The summed E-state index contributed by atoms with van der Waals surface area (Å²) in [5, 5.41) is 2.41. The second-order valence-corrected chi connectivity index (χ2v) is 6.96. The zero-order chi connectivity index (χ0) is 20.1. The molecule has 3 rings (SSSR count). The summed E-state index contributed by atoms with van der Waals surface area (Å²) in [7, 11) is 1.54. The average Bonchev–Trinajstić information content (AvgIpc) is 3.14. The molecule has 0 atom stereocenters. The Morgan fingerprint density at radius 3 is 2.75 bits per heavy atom. The Labute approximate surface area is 167 Å². The topological polar surface area (TPSA) is 68.7 Å². The van der Waals surface area contributed by atoms with Gasteiger partial charge >= 0.3 is 0 Å². The van der Waals surface area contributed by atoms with Crippen LogP contribution in [-0.4, -0.2) is 24.3 Å². The SMILES string of the molecule is COc1ccc(OCc2csc(N(C(C)=O)c3cccc(C)c3)n2)c(C=O)c1. The van der Waals surface area contributed by atoms with Gasteiger partial charge in [-0.15, -0.1) is 11.3 Å². The number of aldehydes is 1. The first-order chi connectivity index (χ1) is 13.5. The van der Waals surface area contributed by atoms with E-state index in [1.807, 2.05) is 36.6 Å². The molecule has 0 saturated heterocycles. The van der Waals surface area contributed by atoms with Crippen molar-refractivity contribution in [3.8, 4) is 11.5 Å². The normalized spacial score (nSPS) is 10.4. The van der Waals surface area contributed by atoms with Gasteiger partial charge in [0.15, 0.2) is 11.4 Å². The molecule has 0 N–H and O–H groups in total. The summed E-state index contributed by atoms with van der Waals surface area (Å²) < 4.78 is 10.9. The van der Waals surface area contributed by atoms with Crippen LogP contribution in [-0.2, 0) is 11.4 Å². The Balaban J connectivity index is 1.78. The van der Waals surface area contributed by atoms with Gasteiger partial charge in [-0.3, -0.25) is 14.5 Å². The van der Waals surface area contributed by atoms with Crippen molar-refractivity contribution in [1.29, 1.82) is 0 Å². The number of thiazole rings is 1. The molecule has 1 heterocycles. The van der Waals surface area contributed by atoms with Crippen LogP contribution >= 0.6 is 11.3 Å². The first-order valence-electron chi connectivity index (χ1n) is 8.59. The number of amides is 1. The van der Waals surface area contributed by atoms with E-state index >= 15 is 0 Å². The number of nitrogens with zero attached hydrogens (tertiary/aromatic N) is 2. The van der Waals surface area contributed by atoms with E-state index in [4.69, 9.17) is 9.47 Å². The molecule has 144 valence electrons. The van der Waals surface area contributed by atoms with Gasteiger partial charge in [-0.1, -0.05) is 12.1 Å². The predicted octanol–water partition coefficient (Wildman–Crippen LogP) is 4.54. The van der Waals surface area contributed by atoms with Crippen molar-refractivity contribution in [2.45, 2.75) is 20.5 Å². The highest BCUT2D eigenvalue weighted by Crippen LogP contribution is 2.30. The lowest BCUT2D eigenvalue weighted by molar-refractivity contribution is -0.115. The van der Waals surface area contributed by atoms with E-state index in [-0.39, 0.29) is 12.5 Å². The van der Waals surface area contributed by atoms with Crippen molar-refractivity contribution in [3.63, 3.8) is 0 Å². The zero-order valence-corrected chi connectivity index (χ0v) is 16.7. The van der Waals surface area contributed by atoms with Gasteiger partial charge in [0.25, 0.3) is 0 Å². The molecule has 0 aliphatic rings. The van der Waals surface area contributed by atoms with Gasteiger partial charge in [0.1, 0.15) is 18.1 Å². The van der Waals surface area contributed by atoms with E-state index in [9.17, 15) is 9.59 Å². The summed E-state index contributed by atoms with van der Waals surface area (Å²) in [5.41, 5.74) is 2.91. The summed E-state index contributed by atoms with van der Waals surface area (Å²) in [6.07, 6.45) is 0.722. The molecule has 0 aliphatic heterocycles. The quantitative estimate of drug-likeness (QED) is 0.549. The molecular weight excluding hydrogens is 376 g/mol. The fourth-order valence-electron chi connectivity index (χ4n) is 2.69. The van der Waals surface area contributed by atoms with Crippen molar-refractivity contribution in [2.75, 3.05) is 12.0 Å². The molecule has 0 spiro atoms. The van der Waals surface area contributed by atoms with Gasteiger partial charge in [0.2, 0.25) is 5.91 Å². The predicted molar refractivity (Wildman–Crippen MR) is 109 cm³/mol. The summed E-state index contributed by atoms with van der Waals surface area (Å²) in [6.45, 7) is 3.67. The maximum Gasteiger partial charge on any atom is 0.230 e. The number of aryl methyl sites for hydroxylation is 1. The van der Waals surface area contributed by atoms with Gasteiger partial charge in [-0.05, 0) is 42.8 Å². The maximum absolute atomic E-state index is 12.2. The lowest BCUT2D eigenvalue weighted by Gasteiger charge is -2.18.